The van der Waals surface area contributed by atoms with Crippen molar-refractivity contribution in [2.75, 3.05) is 0 Å². The number of benzene rings is 4. The Kier molecular flexibility index (Phi) is 10.7. The van der Waals surface area contributed by atoms with Crippen molar-refractivity contribution in [1.82, 2.24) is 0 Å². The van der Waals surface area contributed by atoms with Crippen molar-refractivity contribution in [2.24, 2.45) is 0 Å². The van der Waals surface area contributed by atoms with Crippen LogP contribution in [0.2, 0.25) is 0 Å². The van der Waals surface area contributed by atoms with E-state index in [1.807, 2.05) is 6.79 Å². The van der Waals surface area contributed by atoms with E-state index in [-0.39, 0.29) is 0 Å². The van der Waals surface area contributed by atoms with Crippen molar-refractivity contribution < 1.29 is 4.79 Å². The predicted octanol–water partition coefficient (Wildman–Crippen LogP) is 2.50. The van der Waals surface area contributed by atoms with Crippen LogP contribution in [0.3, 0.4) is 0 Å². The second-order valence-corrected chi connectivity index (χ2v) is 10.3. The maximum absolute atomic E-state index is 8.00. The van der Waals surface area contributed by atoms with Crippen LogP contribution in [0.5, 0.6) is 0 Å². The first kappa shape index (κ1) is 21.9. The van der Waals surface area contributed by atoms with Gasteiger partial charge in [0.2, 0.25) is 0 Å². The Morgan fingerprint density at radius 2 is 0.536 bits per heavy atom. The molecule has 140 valence electrons. The topological polar surface area (TPSA) is 17.1 Å². The molecule has 4 aromatic carbocycles. The Labute approximate surface area is 180 Å². The second-order valence-electron chi connectivity index (χ2n) is 5.46. The summed E-state index contributed by atoms with van der Waals surface area (Å²) in [5.74, 6) is 0. The first-order valence-electron chi connectivity index (χ1n) is 8.75. The van der Waals surface area contributed by atoms with Gasteiger partial charge in [0.15, 0.2) is 0 Å². The van der Waals surface area contributed by atoms with Gasteiger partial charge in [-0.2, -0.15) is 0 Å². The van der Waals surface area contributed by atoms with Crippen LogP contribution in [-0.4, -0.2) is 36.7 Å². The summed E-state index contributed by atoms with van der Waals surface area (Å²) in [7, 11) is 0. The zero-order valence-electron chi connectivity index (χ0n) is 15.5. The van der Waals surface area contributed by atoms with E-state index in [2.05, 4.69) is 121 Å². The van der Waals surface area contributed by atoms with Gasteiger partial charge in [0, 0.05) is 0 Å². The molecule has 0 radical (unpaired) electrons. The van der Waals surface area contributed by atoms with E-state index < -0.39 is 0 Å². The molecule has 0 spiro atoms. The molecule has 0 N–H and O–H groups in total. The normalized spacial score (nSPS) is 9.29. The molecule has 0 aromatic heterocycles. The molecule has 0 aliphatic heterocycles. The van der Waals surface area contributed by atoms with Gasteiger partial charge < -0.3 is 4.79 Å². The fourth-order valence-electron chi connectivity index (χ4n) is 2.23. The number of hydrogen-bond acceptors (Lipinski definition) is 1. The Hall–Kier alpha value is -2.41. The quantitative estimate of drug-likeness (QED) is 0.397. The van der Waals surface area contributed by atoms with Gasteiger partial charge in [0.05, 0.1) is 0 Å². The van der Waals surface area contributed by atoms with Gasteiger partial charge in [-0.25, -0.2) is 0 Å². The van der Waals surface area contributed by atoms with Gasteiger partial charge in [0.25, 0.3) is 0 Å². The van der Waals surface area contributed by atoms with Crippen LogP contribution in [0.25, 0.3) is 0 Å². The van der Waals surface area contributed by atoms with Gasteiger partial charge in [-0.15, -0.1) is 0 Å². The SMILES string of the molecule is C=O.c1ccc([Se]c2ccccc2)cc1.c1ccc([Se]c2ccccc2)cc1. The van der Waals surface area contributed by atoms with Gasteiger partial charge in [-0.05, 0) is 0 Å². The molecule has 1 nitrogen and oxygen atoms in total. The van der Waals surface area contributed by atoms with E-state index in [1.165, 1.54) is 17.8 Å². The molecule has 0 bridgehead atoms. The summed E-state index contributed by atoms with van der Waals surface area (Å²) in [4.78, 5) is 8.00. The summed E-state index contributed by atoms with van der Waals surface area (Å²) < 4.78 is 5.73. The first-order chi connectivity index (χ1) is 13.9. The van der Waals surface area contributed by atoms with Crippen molar-refractivity contribution >= 4 is 54.6 Å². The van der Waals surface area contributed by atoms with Crippen LogP contribution >= 0.6 is 0 Å². The summed E-state index contributed by atoms with van der Waals surface area (Å²) in [6.45, 7) is 2.00. The van der Waals surface area contributed by atoms with Crippen LogP contribution in [0, 0.1) is 0 Å². The number of rotatable bonds is 4. The molecule has 0 saturated carbocycles. The standard InChI is InChI=1S/2C12H10Se.CH2O/c2*1-3-7-11(8-4-1)13-12-9-5-2-6-10-12;1-2/h2*1-10H;1H2. The molecule has 0 unspecified atom stereocenters. The summed E-state index contributed by atoms with van der Waals surface area (Å²) in [6.07, 6.45) is 0. The minimum atomic E-state index is 0.461. The van der Waals surface area contributed by atoms with Crippen LogP contribution < -0.4 is 17.8 Å². The Bertz CT molecular complexity index is 731. The molecular weight excluding hydrogens is 474 g/mol. The number of hydrogen-bond donors (Lipinski definition) is 0. The van der Waals surface area contributed by atoms with E-state index in [1.54, 1.807) is 0 Å². The minimum absolute atomic E-state index is 0.461. The first-order valence-corrected chi connectivity index (χ1v) is 12.2. The van der Waals surface area contributed by atoms with E-state index in [0.717, 1.165) is 0 Å². The van der Waals surface area contributed by atoms with Crippen molar-refractivity contribution in [3.05, 3.63) is 121 Å². The molecule has 0 saturated heterocycles. The van der Waals surface area contributed by atoms with Gasteiger partial charge >= 0.3 is 169 Å². The van der Waals surface area contributed by atoms with Crippen molar-refractivity contribution in [3.63, 3.8) is 0 Å². The molecule has 3 heteroatoms. The van der Waals surface area contributed by atoms with Crippen molar-refractivity contribution in [2.45, 2.75) is 0 Å². The third kappa shape index (κ3) is 8.52. The molecule has 4 aromatic rings. The average molecular weight is 496 g/mol. The van der Waals surface area contributed by atoms with Crippen LogP contribution in [0.15, 0.2) is 121 Å². The fourth-order valence-corrected chi connectivity index (χ4v) is 5.83. The average Bonchev–Trinajstić information content (AvgIpc) is 2.79. The molecule has 0 fully saturated rings. The van der Waals surface area contributed by atoms with Crippen LogP contribution in [-0.2, 0) is 4.79 Å². The number of carbonyl (C=O) groups is 1. The maximum atomic E-state index is 8.00. The molecule has 0 amide bonds. The number of carbonyl (C=O) groups excluding carboxylic acids is 1. The van der Waals surface area contributed by atoms with Crippen molar-refractivity contribution in [3.8, 4) is 0 Å². The summed E-state index contributed by atoms with van der Waals surface area (Å²) >= 11 is 0.922. The molecular formula is C25H22OSe2. The van der Waals surface area contributed by atoms with Gasteiger partial charge in [-0.1, -0.05) is 0 Å². The molecule has 0 heterocycles. The Morgan fingerprint density at radius 1 is 0.357 bits per heavy atom. The second kappa shape index (κ2) is 13.7. The molecule has 28 heavy (non-hydrogen) atoms. The van der Waals surface area contributed by atoms with E-state index in [0.29, 0.717) is 29.9 Å². The fraction of sp³-hybridized carbons (Fsp3) is 0. The molecule has 0 atom stereocenters. The summed E-state index contributed by atoms with van der Waals surface area (Å²) in [5, 5.41) is 0. The van der Waals surface area contributed by atoms with E-state index in [4.69, 9.17) is 4.79 Å². The molecule has 4 rings (SSSR count). The van der Waals surface area contributed by atoms with Crippen LogP contribution in [0.4, 0.5) is 0 Å². The summed E-state index contributed by atoms with van der Waals surface area (Å²) in [5.41, 5.74) is 0. The third-order valence-electron chi connectivity index (χ3n) is 3.44. The Balaban J connectivity index is 0.000000184. The zero-order valence-corrected chi connectivity index (χ0v) is 18.9. The monoisotopic (exact) mass is 498 g/mol. The zero-order chi connectivity index (χ0) is 19.9. The van der Waals surface area contributed by atoms with E-state index in [9.17, 15) is 0 Å². The molecule has 0 aliphatic rings. The third-order valence-corrected chi connectivity index (χ3v) is 7.71. The predicted molar refractivity (Wildman–Crippen MR) is 123 cm³/mol. The Morgan fingerprint density at radius 3 is 0.714 bits per heavy atom. The van der Waals surface area contributed by atoms with Crippen molar-refractivity contribution in [1.29, 1.82) is 0 Å². The van der Waals surface area contributed by atoms with Gasteiger partial charge in [-0.3, -0.25) is 0 Å². The van der Waals surface area contributed by atoms with E-state index >= 15 is 0 Å². The van der Waals surface area contributed by atoms with Crippen LogP contribution in [0.1, 0.15) is 0 Å². The molecule has 0 aliphatic carbocycles. The summed E-state index contributed by atoms with van der Waals surface area (Å²) in [6, 6.07) is 42.5. The van der Waals surface area contributed by atoms with Gasteiger partial charge in [0.1, 0.15) is 6.79 Å².